The highest BCUT2D eigenvalue weighted by molar-refractivity contribution is 7.89. The molecular weight excluding hydrogens is 276 g/mol. The second-order valence-electron chi connectivity index (χ2n) is 4.53. The fourth-order valence-electron chi connectivity index (χ4n) is 1.88. The number of phenolic OH excluding ortho intramolecular Hbond substituents is 1. The second kappa shape index (κ2) is 5.52. The van der Waals surface area contributed by atoms with E-state index in [0.717, 1.165) is 11.3 Å². The van der Waals surface area contributed by atoms with Gasteiger partial charge in [-0.2, -0.15) is 0 Å². The minimum absolute atomic E-state index is 0.0358. The van der Waals surface area contributed by atoms with Crippen LogP contribution >= 0.6 is 0 Å². The lowest BCUT2D eigenvalue weighted by Gasteiger charge is -2.16. The lowest BCUT2D eigenvalue weighted by molar-refractivity contribution is 0.475. The van der Waals surface area contributed by atoms with Gasteiger partial charge in [-0.25, -0.2) is 13.6 Å². The van der Waals surface area contributed by atoms with Crippen LogP contribution in [0, 0.1) is 0 Å². The predicted molar refractivity (Wildman–Crippen MR) is 78.0 cm³/mol. The number of phenols is 1. The molecule has 0 aromatic heterocycles. The second-order valence-corrected chi connectivity index (χ2v) is 6.09. The van der Waals surface area contributed by atoms with Crippen LogP contribution in [0.25, 0.3) is 0 Å². The van der Waals surface area contributed by atoms with E-state index in [2.05, 4.69) is 5.32 Å². The number of hydrogen-bond acceptors (Lipinski definition) is 4. The van der Waals surface area contributed by atoms with E-state index >= 15 is 0 Å². The van der Waals surface area contributed by atoms with Crippen LogP contribution in [-0.4, -0.2) is 13.5 Å². The van der Waals surface area contributed by atoms with E-state index < -0.39 is 10.0 Å². The van der Waals surface area contributed by atoms with Crippen molar-refractivity contribution in [2.75, 3.05) is 5.32 Å². The normalized spacial score (nSPS) is 12.9. The molecule has 0 amide bonds. The largest absolute Gasteiger partial charge is 0.508 e. The maximum absolute atomic E-state index is 11.2. The molecule has 0 bridgehead atoms. The third kappa shape index (κ3) is 3.49. The Bertz CT molecular complexity index is 697. The molecule has 4 N–H and O–H groups in total. The van der Waals surface area contributed by atoms with Gasteiger partial charge in [0.05, 0.1) is 4.90 Å². The molecule has 1 unspecified atom stereocenters. The first kappa shape index (κ1) is 14.4. The fraction of sp³-hybridized carbons (Fsp3) is 0.143. The summed E-state index contributed by atoms with van der Waals surface area (Å²) >= 11 is 0. The molecule has 0 radical (unpaired) electrons. The van der Waals surface area contributed by atoms with Gasteiger partial charge in [-0.3, -0.25) is 0 Å². The van der Waals surface area contributed by atoms with E-state index in [0.29, 0.717) is 0 Å². The molecule has 0 fully saturated rings. The summed E-state index contributed by atoms with van der Waals surface area (Å²) in [4.78, 5) is 0.0887. The van der Waals surface area contributed by atoms with E-state index in [1.165, 1.54) is 12.1 Å². The van der Waals surface area contributed by atoms with E-state index in [9.17, 15) is 13.5 Å². The Hall–Kier alpha value is -2.05. The molecule has 1 atom stereocenters. The minimum atomic E-state index is -3.66. The summed E-state index contributed by atoms with van der Waals surface area (Å²) in [7, 11) is -3.66. The summed E-state index contributed by atoms with van der Waals surface area (Å²) in [6.07, 6.45) is 0. The van der Waals surface area contributed by atoms with Gasteiger partial charge >= 0.3 is 0 Å². The van der Waals surface area contributed by atoms with Gasteiger partial charge < -0.3 is 10.4 Å². The van der Waals surface area contributed by atoms with E-state index in [1.807, 2.05) is 13.0 Å². The van der Waals surface area contributed by atoms with Crippen LogP contribution in [0.2, 0.25) is 0 Å². The Morgan fingerprint density at radius 2 is 1.80 bits per heavy atom. The van der Waals surface area contributed by atoms with Crippen molar-refractivity contribution < 1.29 is 13.5 Å². The molecule has 6 heteroatoms. The van der Waals surface area contributed by atoms with Crippen LogP contribution < -0.4 is 10.5 Å². The summed E-state index contributed by atoms with van der Waals surface area (Å²) in [5.74, 6) is 0.187. The van der Waals surface area contributed by atoms with Gasteiger partial charge in [0.25, 0.3) is 0 Å². The average Bonchev–Trinajstić information content (AvgIpc) is 2.38. The molecule has 0 saturated carbocycles. The molecule has 0 saturated heterocycles. The standard InChI is InChI=1S/C14H16N2O3S/c1-10(16-12-3-2-4-13(17)9-12)11-5-7-14(8-6-11)20(15,18)19/h2-10,16-17H,1H3,(H2,15,18,19). The zero-order valence-corrected chi connectivity index (χ0v) is 11.8. The maximum Gasteiger partial charge on any atom is 0.238 e. The Labute approximate surface area is 118 Å². The van der Waals surface area contributed by atoms with Crippen LogP contribution in [0.4, 0.5) is 5.69 Å². The smallest absolute Gasteiger partial charge is 0.238 e. The van der Waals surface area contributed by atoms with Crippen LogP contribution in [0.5, 0.6) is 5.75 Å². The van der Waals surface area contributed by atoms with E-state index in [-0.39, 0.29) is 16.7 Å². The van der Waals surface area contributed by atoms with E-state index in [4.69, 9.17) is 5.14 Å². The molecule has 5 nitrogen and oxygen atoms in total. The first-order valence-electron chi connectivity index (χ1n) is 6.04. The highest BCUT2D eigenvalue weighted by Crippen LogP contribution is 2.22. The first-order chi connectivity index (χ1) is 9.36. The van der Waals surface area contributed by atoms with Crippen LogP contribution in [0.3, 0.4) is 0 Å². The van der Waals surface area contributed by atoms with Gasteiger partial charge in [0.15, 0.2) is 0 Å². The summed E-state index contributed by atoms with van der Waals surface area (Å²) in [6.45, 7) is 1.94. The molecule has 0 spiro atoms. The van der Waals surface area contributed by atoms with Gasteiger partial charge in [0.1, 0.15) is 5.75 Å². The molecule has 106 valence electrons. The minimum Gasteiger partial charge on any atom is -0.508 e. The number of anilines is 1. The highest BCUT2D eigenvalue weighted by atomic mass is 32.2. The predicted octanol–water partition coefficient (Wildman–Crippen LogP) is 2.21. The van der Waals surface area contributed by atoms with Crippen LogP contribution in [0.15, 0.2) is 53.4 Å². The molecule has 2 aromatic rings. The Morgan fingerprint density at radius 3 is 2.35 bits per heavy atom. The van der Waals surface area contributed by atoms with Gasteiger partial charge in [-0.1, -0.05) is 18.2 Å². The Morgan fingerprint density at radius 1 is 1.15 bits per heavy atom. The molecule has 0 aliphatic carbocycles. The van der Waals surface area contributed by atoms with Crippen LogP contribution in [0.1, 0.15) is 18.5 Å². The molecule has 2 aromatic carbocycles. The fourth-order valence-corrected chi connectivity index (χ4v) is 2.39. The van der Waals surface area contributed by atoms with Crippen molar-refractivity contribution in [1.29, 1.82) is 0 Å². The number of nitrogens with two attached hydrogens (primary N) is 1. The van der Waals surface area contributed by atoms with Gasteiger partial charge in [0, 0.05) is 17.8 Å². The lowest BCUT2D eigenvalue weighted by atomic mass is 10.1. The third-order valence-electron chi connectivity index (χ3n) is 2.94. The summed E-state index contributed by atoms with van der Waals surface area (Å²) in [6, 6.07) is 13.1. The van der Waals surface area contributed by atoms with Gasteiger partial charge in [0.2, 0.25) is 10.0 Å². The molecule has 20 heavy (non-hydrogen) atoms. The number of sulfonamides is 1. The number of primary sulfonamides is 1. The quantitative estimate of drug-likeness (QED) is 0.805. The van der Waals surface area contributed by atoms with Crippen molar-refractivity contribution >= 4 is 15.7 Å². The first-order valence-corrected chi connectivity index (χ1v) is 7.59. The number of aromatic hydroxyl groups is 1. The Balaban J connectivity index is 2.15. The topological polar surface area (TPSA) is 92.4 Å². The summed E-state index contributed by atoms with van der Waals surface area (Å²) in [5, 5.41) is 17.7. The van der Waals surface area contributed by atoms with Crippen molar-refractivity contribution in [3.8, 4) is 5.75 Å². The SMILES string of the molecule is CC(Nc1cccc(O)c1)c1ccc(S(N)(=O)=O)cc1. The van der Waals surface area contributed by atoms with Crippen molar-refractivity contribution in [2.24, 2.45) is 5.14 Å². The lowest BCUT2D eigenvalue weighted by Crippen LogP contribution is -2.12. The number of hydrogen-bond donors (Lipinski definition) is 3. The Kier molecular flexibility index (Phi) is 3.96. The molecule has 0 heterocycles. The zero-order valence-electron chi connectivity index (χ0n) is 10.9. The maximum atomic E-state index is 11.2. The number of nitrogens with one attached hydrogen (secondary N) is 1. The van der Waals surface area contributed by atoms with Crippen molar-refractivity contribution in [1.82, 2.24) is 0 Å². The summed E-state index contributed by atoms with van der Waals surface area (Å²) < 4.78 is 22.4. The van der Waals surface area contributed by atoms with Crippen molar-refractivity contribution in [2.45, 2.75) is 17.9 Å². The number of rotatable bonds is 4. The molecular formula is C14H16N2O3S. The van der Waals surface area contributed by atoms with Crippen molar-refractivity contribution in [3.63, 3.8) is 0 Å². The van der Waals surface area contributed by atoms with Gasteiger partial charge in [-0.15, -0.1) is 0 Å². The highest BCUT2D eigenvalue weighted by Gasteiger charge is 2.10. The van der Waals surface area contributed by atoms with Crippen LogP contribution in [-0.2, 0) is 10.0 Å². The number of benzene rings is 2. The molecule has 0 aliphatic rings. The monoisotopic (exact) mass is 292 g/mol. The summed E-state index contributed by atoms with van der Waals surface area (Å²) in [5.41, 5.74) is 1.70. The van der Waals surface area contributed by atoms with Crippen molar-refractivity contribution in [3.05, 3.63) is 54.1 Å². The van der Waals surface area contributed by atoms with Gasteiger partial charge in [-0.05, 0) is 36.8 Å². The molecule has 2 rings (SSSR count). The molecule has 0 aliphatic heterocycles. The van der Waals surface area contributed by atoms with E-state index in [1.54, 1.807) is 30.3 Å². The average molecular weight is 292 g/mol. The third-order valence-corrected chi connectivity index (χ3v) is 3.87. The zero-order chi connectivity index (χ0) is 14.8.